The van der Waals surface area contributed by atoms with E-state index in [1.165, 1.54) is 22.2 Å². The Labute approximate surface area is 161 Å². The summed E-state index contributed by atoms with van der Waals surface area (Å²) in [6.45, 7) is 3.19. The lowest BCUT2D eigenvalue weighted by Gasteiger charge is -2.26. The third kappa shape index (κ3) is 3.78. The normalized spacial score (nSPS) is 16.6. The Hall–Kier alpha value is -1.86. The summed E-state index contributed by atoms with van der Waals surface area (Å²) in [5.41, 5.74) is 1.91. The van der Waals surface area contributed by atoms with Crippen molar-refractivity contribution in [3.05, 3.63) is 45.8 Å². The third-order valence-electron chi connectivity index (χ3n) is 4.88. The lowest BCUT2D eigenvalue weighted by molar-refractivity contribution is -0.129. The van der Waals surface area contributed by atoms with Crippen molar-refractivity contribution in [1.29, 1.82) is 0 Å². The molecule has 0 N–H and O–H groups in total. The molecule has 1 saturated heterocycles. The summed E-state index contributed by atoms with van der Waals surface area (Å²) in [6.07, 6.45) is 4.75. The fourth-order valence-corrected chi connectivity index (χ4v) is 5.02. The van der Waals surface area contributed by atoms with E-state index in [1.54, 1.807) is 17.5 Å². The Kier molecular flexibility index (Phi) is 5.26. The van der Waals surface area contributed by atoms with Crippen LogP contribution in [0.1, 0.15) is 33.6 Å². The van der Waals surface area contributed by atoms with Crippen molar-refractivity contribution in [1.82, 2.24) is 14.8 Å². The van der Waals surface area contributed by atoms with Crippen LogP contribution in [0.3, 0.4) is 0 Å². The number of thioether (sulfide) groups is 1. The summed E-state index contributed by atoms with van der Waals surface area (Å²) in [7, 11) is 0. The second kappa shape index (κ2) is 7.80. The Morgan fingerprint density at radius 1 is 1.12 bits per heavy atom. The Bertz CT molecular complexity index is 797. The number of likely N-dealkylation sites (tertiary alicyclic amines) is 1. The summed E-state index contributed by atoms with van der Waals surface area (Å²) in [4.78, 5) is 34.4. The van der Waals surface area contributed by atoms with Crippen LogP contribution in [0.25, 0.3) is 0 Å². The van der Waals surface area contributed by atoms with Gasteiger partial charge >= 0.3 is 0 Å². The van der Waals surface area contributed by atoms with Crippen molar-refractivity contribution >= 4 is 34.9 Å². The van der Waals surface area contributed by atoms with E-state index < -0.39 is 0 Å². The molecule has 0 saturated carbocycles. The maximum absolute atomic E-state index is 12.5. The van der Waals surface area contributed by atoms with E-state index in [2.05, 4.69) is 16.4 Å². The molecule has 136 valence electrons. The van der Waals surface area contributed by atoms with Gasteiger partial charge in [-0.3, -0.25) is 9.59 Å². The Morgan fingerprint density at radius 3 is 2.73 bits per heavy atom. The smallest absolute Gasteiger partial charge is 0.255 e. The molecule has 0 spiro atoms. The molecular weight excluding hydrogens is 366 g/mol. The molecule has 26 heavy (non-hydrogen) atoms. The molecule has 5 nitrogen and oxygen atoms in total. The molecule has 4 heterocycles. The highest BCUT2D eigenvalue weighted by molar-refractivity contribution is 7.99. The Balaban J connectivity index is 1.30. The second-order valence-electron chi connectivity index (χ2n) is 6.61. The van der Waals surface area contributed by atoms with Crippen LogP contribution in [0.4, 0.5) is 0 Å². The molecule has 0 atom stereocenters. The second-order valence-corrected chi connectivity index (χ2v) is 8.60. The average molecular weight is 388 g/mol. The number of thiophene rings is 1. The van der Waals surface area contributed by atoms with Crippen molar-refractivity contribution in [2.24, 2.45) is 0 Å². The number of hydrogen-bond acceptors (Lipinski definition) is 5. The number of fused-ring (bicyclic) bond motifs is 1. The van der Waals surface area contributed by atoms with E-state index in [0.29, 0.717) is 11.3 Å². The van der Waals surface area contributed by atoms with Crippen LogP contribution in [0.15, 0.2) is 34.8 Å². The van der Waals surface area contributed by atoms with Crippen LogP contribution in [0.5, 0.6) is 0 Å². The molecule has 0 bridgehead atoms. The van der Waals surface area contributed by atoms with E-state index >= 15 is 0 Å². The minimum atomic E-state index is 0.0579. The van der Waals surface area contributed by atoms with Crippen LogP contribution < -0.4 is 0 Å². The molecule has 7 heteroatoms. The standard InChI is InChI=1S/C19H21N3O2S2/c23-18(22-9-5-16-15(12-22)6-10-25-16)13-26-17-4-3-14(11-20-17)19(24)21-7-1-2-8-21/h3-4,6,10-11H,1-2,5,7-9,12-13H2. The van der Waals surface area contributed by atoms with Crippen LogP contribution >= 0.6 is 23.1 Å². The van der Waals surface area contributed by atoms with Gasteiger partial charge in [-0.1, -0.05) is 11.8 Å². The molecule has 0 unspecified atom stereocenters. The summed E-state index contributed by atoms with van der Waals surface area (Å²) >= 11 is 3.21. The molecule has 0 aliphatic carbocycles. The molecular formula is C19H21N3O2S2. The zero-order valence-electron chi connectivity index (χ0n) is 14.5. The number of rotatable bonds is 4. The van der Waals surface area contributed by atoms with Crippen LogP contribution in [0.2, 0.25) is 0 Å². The number of aromatic nitrogens is 1. The minimum Gasteiger partial charge on any atom is -0.339 e. The summed E-state index contributed by atoms with van der Waals surface area (Å²) in [5.74, 6) is 0.583. The van der Waals surface area contributed by atoms with Crippen LogP contribution in [-0.4, -0.2) is 52.0 Å². The molecule has 2 aliphatic rings. The topological polar surface area (TPSA) is 53.5 Å². The van der Waals surface area contributed by atoms with Gasteiger partial charge in [0.1, 0.15) is 0 Å². The molecule has 2 amide bonds. The fourth-order valence-electron chi connectivity index (χ4n) is 3.38. The van der Waals surface area contributed by atoms with Gasteiger partial charge in [0.2, 0.25) is 5.91 Å². The number of nitrogens with zero attached hydrogens (tertiary/aromatic N) is 3. The zero-order chi connectivity index (χ0) is 17.9. The minimum absolute atomic E-state index is 0.0579. The number of carbonyl (C=O) groups excluding carboxylic acids is 2. The van der Waals surface area contributed by atoms with Gasteiger partial charge < -0.3 is 9.80 Å². The first-order chi connectivity index (χ1) is 12.7. The van der Waals surface area contributed by atoms with Crippen molar-refractivity contribution in [3.8, 4) is 0 Å². The number of pyridine rings is 1. The predicted molar refractivity (Wildman–Crippen MR) is 104 cm³/mol. The van der Waals surface area contributed by atoms with E-state index in [-0.39, 0.29) is 11.8 Å². The molecule has 4 rings (SSSR count). The number of carbonyl (C=O) groups is 2. The highest BCUT2D eigenvalue weighted by Gasteiger charge is 2.22. The van der Waals surface area contributed by atoms with Gasteiger partial charge in [0, 0.05) is 37.3 Å². The van der Waals surface area contributed by atoms with Gasteiger partial charge in [0.25, 0.3) is 5.91 Å². The van der Waals surface area contributed by atoms with Crippen LogP contribution in [0, 0.1) is 0 Å². The first kappa shape index (κ1) is 17.5. The van der Waals surface area contributed by atoms with Crippen molar-refractivity contribution in [2.45, 2.75) is 30.8 Å². The van der Waals surface area contributed by atoms with Gasteiger partial charge in [0.05, 0.1) is 16.3 Å². The first-order valence-corrected chi connectivity index (χ1v) is 10.8. The quantitative estimate of drug-likeness (QED) is 0.757. The van der Waals surface area contributed by atoms with Crippen molar-refractivity contribution in [2.75, 3.05) is 25.4 Å². The summed E-state index contributed by atoms with van der Waals surface area (Å²) in [6, 6.07) is 5.78. The highest BCUT2D eigenvalue weighted by Crippen LogP contribution is 2.25. The van der Waals surface area contributed by atoms with E-state index in [0.717, 1.165) is 50.5 Å². The van der Waals surface area contributed by atoms with Crippen molar-refractivity contribution in [3.63, 3.8) is 0 Å². The van der Waals surface area contributed by atoms with Crippen LogP contribution in [-0.2, 0) is 17.8 Å². The van der Waals surface area contributed by atoms with E-state index in [1.807, 2.05) is 21.9 Å². The lowest BCUT2D eigenvalue weighted by atomic mass is 10.1. The van der Waals surface area contributed by atoms with Gasteiger partial charge in [-0.25, -0.2) is 4.98 Å². The SMILES string of the molecule is O=C(CSc1ccc(C(=O)N2CCCC2)cn1)N1CCc2sccc2C1. The third-order valence-corrected chi connectivity index (χ3v) is 6.83. The van der Waals surface area contributed by atoms with Crippen molar-refractivity contribution < 1.29 is 9.59 Å². The molecule has 0 aromatic carbocycles. The zero-order valence-corrected chi connectivity index (χ0v) is 16.2. The molecule has 2 aliphatic heterocycles. The first-order valence-electron chi connectivity index (χ1n) is 8.92. The highest BCUT2D eigenvalue weighted by atomic mass is 32.2. The molecule has 2 aromatic rings. The van der Waals surface area contributed by atoms with Gasteiger partial charge in [-0.15, -0.1) is 11.3 Å². The molecule has 2 aromatic heterocycles. The van der Waals surface area contributed by atoms with Gasteiger partial charge in [-0.05, 0) is 48.4 Å². The van der Waals surface area contributed by atoms with Gasteiger partial charge in [-0.2, -0.15) is 0 Å². The summed E-state index contributed by atoms with van der Waals surface area (Å²) in [5, 5.41) is 2.88. The van der Waals surface area contributed by atoms with Gasteiger partial charge in [0.15, 0.2) is 0 Å². The van der Waals surface area contributed by atoms with E-state index in [4.69, 9.17) is 0 Å². The lowest BCUT2D eigenvalue weighted by Crippen LogP contribution is -2.36. The summed E-state index contributed by atoms with van der Waals surface area (Å²) < 4.78 is 0. The maximum Gasteiger partial charge on any atom is 0.255 e. The monoisotopic (exact) mass is 387 g/mol. The van der Waals surface area contributed by atoms with E-state index in [9.17, 15) is 9.59 Å². The maximum atomic E-state index is 12.5. The fraction of sp³-hybridized carbons (Fsp3) is 0.421. The Morgan fingerprint density at radius 2 is 1.96 bits per heavy atom. The molecule has 1 fully saturated rings. The average Bonchev–Trinajstić information content (AvgIpc) is 3.37. The largest absolute Gasteiger partial charge is 0.339 e. The molecule has 0 radical (unpaired) electrons. The number of amides is 2. The predicted octanol–water partition coefficient (Wildman–Crippen LogP) is 3.06. The number of hydrogen-bond donors (Lipinski definition) is 0.